The van der Waals surface area contributed by atoms with Gasteiger partial charge in [-0.3, -0.25) is 9.59 Å². The van der Waals surface area contributed by atoms with Gasteiger partial charge in [0.05, 0.1) is 24.3 Å². The molecule has 1 saturated heterocycles. The van der Waals surface area contributed by atoms with Crippen LogP contribution in [0.1, 0.15) is 47.7 Å². The Morgan fingerprint density at radius 2 is 2.27 bits per heavy atom. The van der Waals surface area contributed by atoms with Crippen molar-refractivity contribution in [1.82, 2.24) is 14.9 Å². The summed E-state index contributed by atoms with van der Waals surface area (Å²) >= 11 is 1.54. The van der Waals surface area contributed by atoms with Crippen molar-refractivity contribution in [2.24, 2.45) is 0 Å². The maximum atomic E-state index is 12.9. The molecular formula is C22H27N3O4S. The highest BCUT2D eigenvalue weighted by Gasteiger charge is 2.23. The Morgan fingerprint density at radius 3 is 3.00 bits per heavy atom. The average molecular weight is 430 g/mol. The summed E-state index contributed by atoms with van der Waals surface area (Å²) in [5.74, 6) is 1.47. The number of nitrogens with one attached hydrogen (secondary N) is 1. The van der Waals surface area contributed by atoms with E-state index in [2.05, 4.69) is 9.97 Å². The van der Waals surface area contributed by atoms with Gasteiger partial charge in [0.2, 0.25) is 5.91 Å². The molecule has 0 bridgehead atoms. The molecule has 4 rings (SSSR count). The van der Waals surface area contributed by atoms with E-state index in [0.29, 0.717) is 43.6 Å². The number of hydrogen-bond donors (Lipinski definition) is 1. The first-order valence-electron chi connectivity index (χ1n) is 10.4. The maximum absolute atomic E-state index is 12.9. The Balaban J connectivity index is 1.39. The molecule has 0 aliphatic carbocycles. The lowest BCUT2D eigenvalue weighted by molar-refractivity contribution is -0.133. The van der Waals surface area contributed by atoms with Gasteiger partial charge >= 0.3 is 0 Å². The van der Waals surface area contributed by atoms with Crippen LogP contribution >= 0.6 is 11.3 Å². The lowest BCUT2D eigenvalue weighted by atomic mass is 10.1. The molecule has 1 aliphatic rings. The third-order valence-corrected chi connectivity index (χ3v) is 6.72. The van der Waals surface area contributed by atoms with Gasteiger partial charge in [-0.2, -0.15) is 0 Å². The summed E-state index contributed by atoms with van der Waals surface area (Å²) in [4.78, 5) is 36.5. The second-order valence-electron chi connectivity index (χ2n) is 7.82. The third-order valence-electron chi connectivity index (χ3n) is 5.62. The third kappa shape index (κ3) is 4.65. The number of fused-ring (bicyclic) bond motifs is 1. The van der Waals surface area contributed by atoms with Crippen molar-refractivity contribution in [2.75, 3.05) is 13.2 Å². The lowest BCUT2D eigenvalue weighted by Crippen LogP contribution is -2.36. The first-order chi connectivity index (χ1) is 14.5. The molecule has 1 atom stereocenters. The van der Waals surface area contributed by atoms with Gasteiger partial charge < -0.3 is 19.0 Å². The summed E-state index contributed by atoms with van der Waals surface area (Å²) in [5, 5.41) is 0.679. The van der Waals surface area contributed by atoms with E-state index in [1.807, 2.05) is 30.9 Å². The number of amides is 1. The highest BCUT2D eigenvalue weighted by atomic mass is 32.1. The highest BCUT2D eigenvalue weighted by Crippen LogP contribution is 2.26. The summed E-state index contributed by atoms with van der Waals surface area (Å²) in [6, 6.07) is 3.71. The summed E-state index contributed by atoms with van der Waals surface area (Å²) in [6.45, 7) is 5.73. The minimum absolute atomic E-state index is 0.0631. The van der Waals surface area contributed by atoms with Crippen LogP contribution in [-0.2, 0) is 22.5 Å². The Bertz CT molecular complexity index is 1060. The van der Waals surface area contributed by atoms with Gasteiger partial charge in [0, 0.05) is 30.9 Å². The minimum Gasteiger partial charge on any atom is -0.467 e. The van der Waals surface area contributed by atoms with E-state index < -0.39 is 0 Å². The molecule has 7 nitrogen and oxygen atoms in total. The van der Waals surface area contributed by atoms with Crippen molar-refractivity contribution in [3.63, 3.8) is 0 Å². The van der Waals surface area contributed by atoms with Crippen LogP contribution < -0.4 is 5.56 Å². The first-order valence-corrected chi connectivity index (χ1v) is 11.2. The zero-order valence-electron chi connectivity index (χ0n) is 17.4. The van der Waals surface area contributed by atoms with Crippen LogP contribution in [-0.4, -0.2) is 40.0 Å². The van der Waals surface area contributed by atoms with Gasteiger partial charge in [-0.25, -0.2) is 4.98 Å². The van der Waals surface area contributed by atoms with E-state index in [4.69, 9.17) is 9.15 Å². The second kappa shape index (κ2) is 9.14. The van der Waals surface area contributed by atoms with Crippen LogP contribution in [0.4, 0.5) is 0 Å². The molecule has 1 amide bonds. The number of carbonyl (C=O) groups is 1. The topological polar surface area (TPSA) is 88.4 Å². The minimum atomic E-state index is -0.0963. The molecule has 1 aliphatic heterocycles. The van der Waals surface area contributed by atoms with Gasteiger partial charge in [-0.1, -0.05) is 0 Å². The van der Waals surface area contributed by atoms with Crippen LogP contribution in [0.15, 0.2) is 27.6 Å². The van der Waals surface area contributed by atoms with E-state index in [9.17, 15) is 9.59 Å². The van der Waals surface area contributed by atoms with Crippen molar-refractivity contribution in [3.8, 4) is 0 Å². The molecular weight excluding hydrogens is 402 g/mol. The van der Waals surface area contributed by atoms with Gasteiger partial charge in [-0.05, 0) is 50.8 Å². The molecule has 1 unspecified atom stereocenters. The van der Waals surface area contributed by atoms with E-state index >= 15 is 0 Å². The van der Waals surface area contributed by atoms with Crippen molar-refractivity contribution in [3.05, 3.63) is 50.8 Å². The number of ether oxygens (including phenoxy) is 1. The molecule has 3 aromatic rings. The highest BCUT2D eigenvalue weighted by molar-refractivity contribution is 7.18. The molecule has 8 heteroatoms. The van der Waals surface area contributed by atoms with E-state index in [0.717, 1.165) is 40.5 Å². The number of furan rings is 1. The predicted molar refractivity (Wildman–Crippen MR) is 116 cm³/mol. The summed E-state index contributed by atoms with van der Waals surface area (Å²) in [7, 11) is 0. The standard InChI is InChI=1S/C22H27N3O4S/c1-14-15(2)30-22-20(14)21(27)23-18(24-22)8-3-9-19(26)25(12-16-6-4-10-28-16)13-17-7-5-11-29-17/h4,6,10,17H,3,5,7-9,11-13H2,1-2H3,(H,23,24,27). The normalized spacial score (nSPS) is 16.4. The molecule has 30 heavy (non-hydrogen) atoms. The van der Waals surface area contributed by atoms with Crippen LogP contribution in [0.25, 0.3) is 10.2 Å². The molecule has 0 aromatic carbocycles. The van der Waals surface area contributed by atoms with Gasteiger partial charge in [0.25, 0.3) is 5.56 Å². The molecule has 1 fully saturated rings. The van der Waals surface area contributed by atoms with Crippen molar-refractivity contribution < 1.29 is 13.9 Å². The van der Waals surface area contributed by atoms with Crippen LogP contribution in [0.3, 0.4) is 0 Å². The first kappa shape index (κ1) is 20.8. The Hall–Kier alpha value is -2.45. The molecule has 3 aromatic heterocycles. The molecule has 1 N–H and O–H groups in total. The van der Waals surface area contributed by atoms with E-state index in [1.165, 1.54) is 0 Å². The number of H-pyrrole nitrogens is 1. The second-order valence-corrected chi connectivity index (χ2v) is 9.02. The number of nitrogens with zero attached hydrogens (tertiary/aromatic N) is 2. The molecule has 0 saturated carbocycles. The zero-order valence-corrected chi connectivity index (χ0v) is 18.2. The summed E-state index contributed by atoms with van der Waals surface area (Å²) in [5.41, 5.74) is 0.897. The van der Waals surface area contributed by atoms with Gasteiger partial charge in [-0.15, -0.1) is 11.3 Å². The quantitative estimate of drug-likeness (QED) is 0.589. The predicted octanol–water partition coefficient (Wildman–Crippen LogP) is 3.72. The Kier molecular flexibility index (Phi) is 6.34. The zero-order chi connectivity index (χ0) is 21.1. The van der Waals surface area contributed by atoms with E-state index in [1.54, 1.807) is 17.6 Å². The van der Waals surface area contributed by atoms with Crippen LogP contribution in [0.5, 0.6) is 0 Å². The summed E-state index contributed by atoms with van der Waals surface area (Å²) in [6.07, 6.45) is 5.30. The van der Waals surface area contributed by atoms with Crippen LogP contribution in [0.2, 0.25) is 0 Å². The maximum Gasteiger partial charge on any atom is 0.259 e. The van der Waals surface area contributed by atoms with Gasteiger partial charge in [0.1, 0.15) is 16.4 Å². The van der Waals surface area contributed by atoms with Crippen molar-refractivity contribution in [2.45, 2.75) is 58.6 Å². The fraction of sp³-hybridized carbons (Fsp3) is 0.500. The van der Waals surface area contributed by atoms with E-state index in [-0.39, 0.29) is 17.6 Å². The summed E-state index contributed by atoms with van der Waals surface area (Å²) < 4.78 is 11.2. The Labute approximate surface area is 179 Å². The van der Waals surface area contributed by atoms with Crippen LogP contribution in [0, 0.1) is 13.8 Å². The number of aromatic nitrogens is 2. The molecule has 0 spiro atoms. The number of hydrogen-bond acceptors (Lipinski definition) is 6. The Morgan fingerprint density at radius 1 is 1.40 bits per heavy atom. The SMILES string of the molecule is Cc1sc2nc(CCCC(=O)N(Cc3ccco3)CC3CCCO3)[nH]c(=O)c2c1C. The number of thiophene rings is 1. The molecule has 160 valence electrons. The number of aromatic amines is 1. The van der Waals surface area contributed by atoms with Crippen molar-refractivity contribution >= 4 is 27.5 Å². The number of aryl methyl sites for hydroxylation is 3. The monoisotopic (exact) mass is 429 g/mol. The smallest absolute Gasteiger partial charge is 0.259 e. The van der Waals surface area contributed by atoms with Crippen molar-refractivity contribution in [1.29, 1.82) is 0 Å². The largest absolute Gasteiger partial charge is 0.467 e. The average Bonchev–Trinajstić information content (AvgIpc) is 3.45. The fourth-order valence-electron chi connectivity index (χ4n) is 3.86. The molecule has 0 radical (unpaired) electrons. The molecule has 4 heterocycles. The number of carbonyl (C=O) groups excluding carboxylic acids is 1. The van der Waals surface area contributed by atoms with Gasteiger partial charge in [0.15, 0.2) is 0 Å². The number of rotatable bonds is 8. The lowest BCUT2D eigenvalue weighted by Gasteiger charge is -2.24. The fourth-order valence-corrected chi connectivity index (χ4v) is 4.91.